The molecular weight excluding hydrogens is 513 g/mol. The minimum absolute atomic E-state index is 0.0344. The third kappa shape index (κ3) is 5.96. The van der Waals surface area contributed by atoms with E-state index in [1.54, 1.807) is 36.8 Å². The number of rotatable bonds is 7. The lowest BCUT2D eigenvalue weighted by atomic mass is 10.1. The summed E-state index contributed by atoms with van der Waals surface area (Å²) in [6.45, 7) is 0. The summed E-state index contributed by atoms with van der Waals surface area (Å²) in [7, 11) is 1.90. The van der Waals surface area contributed by atoms with Crippen molar-refractivity contribution in [3.8, 4) is 22.1 Å². The number of carbonyl (C=O) groups excluding carboxylic acids is 2. The number of pyridine rings is 1. The number of urea groups is 1. The summed E-state index contributed by atoms with van der Waals surface area (Å²) in [6.07, 6.45) is 5.32. The van der Waals surface area contributed by atoms with Crippen molar-refractivity contribution in [3.63, 3.8) is 0 Å². The van der Waals surface area contributed by atoms with Crippen LogP contribution in [0.3, 0.4) is 0 Å². The van der Waals surface area contributed by atoms with E-state index in [2.05, 4.69) is 20.0 Å². The zero-order valence-corrected chi connectivity index (χ0v) is 21.1. The van der Waals surface area contributed by atoms with Gasteiger partial charge >= 0.3 is 6.03 Å². The second-order valence-corrected chi connectivity index (χ2v) is 9.93. The van der Waals surface area contributed by atoms with E-state index in [0.717, 1.165) is 38.3 Å². The molecule has 0 aliphatic rings. The van der Waals surface area contributed by atoms with E-state index in [0.29, 0.717) is 10.6 Å². The zero-order valence-electron chi connectivity index (χ0n) is 19.5. The van der Waals surface area contributed by atoms with Crippen LogP contribution in [0.4, 0.5) is 9.18 Å². The van der Waals surface area contributed by atoms with Crippen molar-refractivity contribution in [1.82, 2.24) is 24.6 Å². The molecule has 0 saturated heterocycles. The quantitative estimate of drug-likeness (QED) is 0.260. The highest BCUT2D eigenvalue weighted by Gasteiger charge is 2.15. The molecule has 0 saturated carbocycles. The number of benzene rings is 2. The van der Waals surface area contributed by atoms with Crippen LogP contribution in [0.2, 0.25) is 0 Å². The van der Waals surface area contributed by atoms with Gasteiger partial charge in [-0.15, -0.1) is 11.3 Å². The number of imide groups is 1. The van der Waals surface area contributed by atoms with Crippen LogP contribution in [-0.4, -0.2) is 26.5 Å². The maximum Gasteiger partial charge on any atom is 0.331 e. The number of aromatic nitrogens is 3. The minimum Gasteiger partial charge on any atom is -0.453 e. The van der Waals surface area contributed by atoms with Gasteiger partial charge in [0.2, 0.25) is 5.91 Å². The van der Waals surface area contributed by atoms with Crippen LogP contribution in [-0.2, 0) is 18.3 Å². The third-order valence-corrected chi connectivity index (χ3v) is 7.12. The molecule has 0 radical (unpaired) electrons. The molecule has 0 atom stereocenters. The highest BCUT2D eigenvalue weighted by Crippen LogP contribution is 2.39. The molecule has 3 aromatic heterocycles. The standard InChI is InChI=1S/C26H20FN5O3S2/c1-32-14-20(29-15-32)23-13-19-25(36-23)22(9-10-28-19)35-21-8-7-17(12-18(21)27)37-31-26(34)30-24(33)11-16-5-3-2-4-6-16/h2-10,12-15H,11H2,1H3,(H2,30,31,33,34). The predicted octanol–water partition coefficient (Wildman–Crippen LogP) is 5.70. The van der Waals surface area contributed by atoms with Crippen molar-refractivity contribution >= 4 is 45.4 Å². The number of fused-ring (bicyclic) bond motifs is 1. The Hall–Kier alpha value is -4.22. The lowest BCUT2D eigenvalue weighted by Gasteiger charge is -2.09. The summed E-state index contributed by atoms with van der Waals surface area (Å²) in [5, 5.41) is 2.25. The van der Waals surface area contributed by atoms with E-state index in [1.807, 2.05) is 42.1 Å². The monoisotopic (exact) mass is 533 g/mol. The van der Waals surface area contributed by atoms with Gasteiger partial charge in [0.05, 0.1) is 33.5 Å². The van der Waals surface area contributed by atoms with Gasteiger partial charge in [-0.3, -0.25) is 19.8 Å². The SMILES string of the molecule is Cn1cnc(-c2cc3nccc(Oc4ccc(SNC(=O)NC(=O)Cc5ccccc5)cc4F)c3s2)c1. The molecule has 3 amide bonds. The van der Waals surface area contributed by atoms with Crippen LogP contribution in [0.25, 0.3) is 20.8 Å². The Labute approximate surface area is 219 Å². The van der Waals surface area contributed by atoms with Gasteiger partial charge in [0.15, 0.2) is 11.6 Å². The van der Waals surface area contributed by atoms with Gasteiger partial charge in [-0.2, -0.15) is 0 Å². The van der Waals surface area contributed by atoms with Gasteiger partial charge in [-0.1, -0.05) is 30.3 Å². The fraction of sp³-hybridized carbons (Fsp3) is 0.0769. The first-order valence-corrected chi connectivity index (χ1v) is 12.7. The molecular formula is C26H20FN5O3S2. The van der Waals surface area contributed by atoms with Crippen molar-refractivity contribution in [1.29, 1.82) is 0 Å². The number of ether oxygens (including phenoxy) is 1. The first-order valence-electron chi connectivity index (χ1n) is 11.1. The third-order valence-electron chi connectivity index (χ3n) is 5.18. The van der Waals surface area contributed by atoms with Gasteiger partial charge in [0, 0.05) is 30.4 Å². The van der Waals surface area contributed by atoms with Crippen molar-refractivity contribution in [2.45, 2.75) is 11.3 Å². The van der Waals surface area contributed by atoms with Gasteiger partial charge in [0.1, 0.15) is 5.75 Å². The molecule has 0 aliphatic carbocycles. The van der Waals surface area contributed by atoms with E-state index in [4.69, 9.17) is 4.74 Å². The number of nitrogens with one attached hydrogen (secondary N) is 2. The molecule has 186 valence electrons. The summed E-state index contributed by atoms with van der Waals surface area (Å²) in [5.41, 5.74) is 2.34. The van der Waals surface area contributed by atoms with Crippen LogP contribution in [0.5, 0.6) is 11.5 Å². The number of thiophene rings is 1. The van der Waals surface area contributed by atoms with E-state index in [-0.39, 0.29) is 12.2 Å². The highest BCUT2D eigenvalue weighted by molar-refractivity contribution is 7.98. The molecule has 0 spiro atoms. The van der Waals surface area contributed by atoms with E-state index in [9.17, 15) is 14.0 Å². The lowest BCUT2D eigenvalue weighted by Crippen LogP contribution is -2.37. The Kier molecular flexibility index (Phi) is 7.15. The number of aryl methyl sites for hydroxylation is 1. The van der Waals surface area contributed by atoms with Crippen LogP contribution in [0.15, 0.2) is 84.3 Å². The molecule has 37 heavy (non-hydrogen) atoms. The van der Waals surface area contributed by atoms with Gasteiger partial charge in [-0.05, 0) is 41.8 Å². The summed E-state index contributed by atoms with van der Waals surface area (Å²) in [4.78, 5) is 34.2. The Morgan fingerprint density at radius 1 is 1.08 bits per heavy atom. The molecule has 11 heteroatoms. The molecule has 0 aliphatic heterocycles. The number of hydrogen-bond donors (Lipinski definition) is 2. The maximum absolute atomic E-state index is 14.8. The zero-order chi connectivity index (χ0) is 25.8. The Bertz CT molecular complexity index is 1590. The van der Waals surface area contributed by atoms with Gasteiger partial charge < -0.3 is 9.30 Å². The summed E-state index contributed by atoms with van der Waals surface area (Å²) in [5.74, 6) is -0.528. The van der Waals surface area contributed by atoms with Crippen LogP contribution in [0, 0.1) is 5.82 Å². The van der Waals surface area contributed by atoms with Crippen molar-refractivity contribution in [3.05, 3.63) is 90.8 Å². The second kappa shape index (κ2) is 10.8. The number of carbonyl (C=O) groups is 2. The normalized spacial score (nSPS) is 10.9. The van der Waals surface area contributed by atoms with Crippen molar-refractivity contribution in [2.24, 2.45) is 7.05 Å². The summed E-state index contributed by atoms with van der Waals surface area (Å²) < 4.78 is 25.8. The van der Waals surface area contributed by atoms with Gasteiger partial charge in [0.25, 0.3) is 0 Å². The number of nitrogens with zero attached hydrogens (tertiary/aromatic N) is 3. The Morgan fingerprint density at radius 2 is 1.92 bits per heavy atom. The summed E-state index contributed by atoms with van der Waals surface area (Å²) in [6, 6.07) is 16.3. The molecule has 3 heterocycles. The van der Waals surface area contributed by atoms with E-state index < -0.39 is 17.8 Å². The molecule has 0 fully saturated rings. The largest absolute Gasteiger partial charge is 0.453 e. The number of imidazole rings is 1. The topological polar surface area (TPSA) is 98.1 Å². The number of halogens is 1. The fourth-order valence-corrected chi connectivity index (χ4v) is 5.08. The minimum atomic E-state index is -0.688. The van der Waals surface area contributed by atoms with E-state index >= 15 is 0 Å². The van der Waals surface area contributed by atoms with Crippen LogP contribution in [0.1, 0.15) is 5.56 Å². The molecule has 8 nitrogen and oxygen atoms in total. The second-order valence-electron chi connectivity index (χ2n) is 8.00. The average molecular weight is 534 g/mol. The predicted molar refractivity (Wildman–Crippen MR) is 141 cm³/mol. The maximum atomic E-state index is 14.8. The first kappa shape index (κ1) is 24.5. The number of hydrogen-bond acceptors (Lipinski definition) is 7. The van der Waals surface area contributed by atoms with Gasteiger partial charge in [-0.25, -0.2) is 14.2 Å². The summed E-state index contributed by atoms with van der Waals surface area (Å²) >= 11 is 2.35. The van der Waals surface area contributed by atoms with Crippen molar-refractivity contribution in [2.75, 3.05) is 0 Å². The first-order chi connectivity index (χ1) is 17.9. The molecule has 5 rings (SSSR count). The molecule has 2 N–H and O–H groups in total. The molecule has 0 unspecified atom stereocenters. The van der Waals surface area contributed by atoms with Crippen molar-refractivity contribution < 1.29 is 18.7 Å². The smallest absolute Gasteiger partial charge is 0.331 e. The average Bonchev–Trinajstić information content (AvgIpc) is 3.51. The molecule has 2 aromatic carbocycles. The lowest BCUT2D eigenvalue weighted by molar-refractivity contribution is -0.119. The fourth-order valence-electron chi connectivity index (χ4n) is 3.49. The molecule has 5 aromatic rings. The van der Waals surface area contributed by atoms with Crippen LogP contribution >= 0.6 is 23.3 Å². The molecule has 0 bridgehead atoms. The Morgan fingerprint density at radius 3 is 2.68 bits per heavy atom. The Balaban J connectivity index is 1.21. The van der Waals surface area contributed by atoms with E-state index in [1.165, 1.54) is 23.5 Å². The highest BCUT2D eigenvalue weighted by atomic mass is 32.2. The number of amides is 3. The van der Waals surface area contributed by atoms with Crippen LogP contribution < -0.4 is 14.8 Å².